The van der Waals surface area contributed by atoms with Gasteiger partial charge in [0.25, 0.3) is 5.91 Å². The van der Waals surface area contributed by atoms with Gasteiger partial charge in [0, 0.05) is 29.1 Å². The van der Waals surface area contributed by atoms with Gasteiger partial charge in [-0.3, -0.25) is 4.79 Å². The number of rotatable bonds is 3. The molecule has 2 bridgehead atoms. The number of hydrogen-bond donors (Lipinski definition) is 2. The largest absolute Gasteiger partial charge is 0.486 e. The first-order valence-electron chi connectivity index (χ1n) is 9.17. The van der Waals surface area contributed by atoms with Gasteiger partial charge in [0.15, 0.2) is 11.5 Å². The maximum atomic E-state index is 12.6. The van der Waals surface area contributed by atoms with Crippen molar-refractivity contribution in [2.45, 2.75) is 43.8 Å². The molecular weight excluding hydrogens is 350 g/mol. The van der Waals surface area contributed by atoms with E-state index in [0.717, 1.165) is 34.9 Å². The van der Waals surface area contributed by atoms with E-state index in [1.165, 1.54) is 24.2 Å². The Morgan fingerprint density at radius 1 is 1.15 bits per heavy atom. The molecule has 6 nitrogen and oxygen atoms in total. The standard InChI is InChI=1S/C19H21N3O3S/c23-18(21-14-8-12-2-3-13(9-14)20-12)15-10-26-19(22-15)11-1-4-16-17(7-11)25-6-5-24-16/h1,4,7,10,12-14,20H,2-3,5-6,8-9H2,(H,21,23). The van der Waals surface area contributed by atoms with E-state index in [9.17, 15) is 4.79 Å². The molecule has 4 heterocycles. The van der Waals surface area contributed by atoms with Gasteiger partial charge >= 0.3 is 0 Å². The molecule has 7 heteroatoms. The molecule has 136 valence electrons. The predicted octanol–water partition coefficient (Wildman–Crippen LogP) is 2.59. The fourth-order valence-electron chi connectivity index (χ4n) is 4.12. The number of hydrogen-bond acceptors (Lipinski definition) is 6. The molecular formula is C19H21N3O3S. The number of nitrogens with one attached hydrogen (secondary N) is 2. The van der Waals surface area contributed by atoms with E-state index in [-0.39, 0.29) is 11.9 Å². The van der Waals surface area contributed by atoms with E-state index >= 15 is 0 Å². The van der Waals surface area contributed by atoms with Crippen LogP contribution in [-0.4, -0.2) is 42.2 Å². The van der Waals surface area contributed by atoms with Crippen molar-refractivity contribution >= 4 is 17.2 Å². The molecule has 26 heavy (non-hydrogen) atoms. The minimum absolute atomic E-state index is 0.0728. The van der Waals surface area contributed by atoms with Gasteiger partial charge in [-0.1, -0.05) is 0 Å². The second kappa shape index (κ2) is 6.55. The van der Waals surface area contributed by atoms with Gasteiger partial charge in [0.1, 0.15) is 23.9 Å². The van der Waals surface area contributed by atoms with Crippen molar-refractivity contribution in [3.8, 4) is 22.1 Å². The smallest absolute Gasteiger partial charge is 0.270 e. The maximum Gasteiger partial charge on any atom is 0.270 e. The first-order valence-corrected chi connectivity index (χ1v) is 10.0. The van der Waals surface area contributed by atoms with Crippen molar-refractivity contribution in [3.63, 3.8) is 0 Å². The average Bonchev–Trinajstić information content (AvgIpc) is 3.28. The number of nitrogens with zero attached hydrogens (tertiary/aromatic N) is 1. The average molecular weight is 371 g/mol. The summed E-state index contributed by atoms with van der Waals surface area (Å²) in [6, 6.07) is 7.15. The molecule has 3 aliphatic heterocycles. The summed E-state index contributed by atoms with van der Waals surface area (Å²) in [5.74, 6) is 1.42. The SMILES string of the molecule is O=C(NC1CC2CCC(C1)N2)c1csc(-c2ccc3c(c2)OCCO3)n1. The van der Waals surface area contributed by atoms with Crippen LogP contribution < -0.4 is 20.1 Å². The molecule has 3 aliphatic rings. The van der Waals surface area contributed by atoms with Crippen LogP contribution in [0.3, 0.4) is 0 Å². The molecule has 0 spiro atoms. The van der Waals surface area contributed by atoms with Crippen LogP contribution in [-0.2, 0) is 0 Å². The summed E-state index contributed by atoms with van der Waals surface area (Å²) in [6.07, 6.45) is 4.48. The number of aromatic nitrogens is 1. The van der Waals surface area contributed by atoms with Gasteiger partial charge in [-0.2, -0.15) is 0 Å². The van der Waals surface area contributed by atoms with Gasteiger partial charge < -0.3 is 20.1 Å². The minimum Gasteiger partial charge on any atom is -0.486 e. The Kier molecular flexibility index (Phi) is 4.05. The van der Waals surface area contributed by atoms with Crippen LogP contribution in [0, 0.1) is 0 Å². The first kappa shape index (κ1) is 16.1. The fourth-order valence-corrected chi connectivity index (χ4v) is 4.92. The minimum atomic E-state index is -0.0728. The number of piperidine rings is 1. The number of fused-ring (bicyclic) bond motifs is 3. The maximum absolute atomic E-state index is 12.6. The number of thiazole rings is 1. The van der Waals surface area contributed by atoms with E-state index in [4.69, 9.17) is 9.47 Å². The zero-order valence-electron chi connectivity index (χ0n) is 14.4. The van der Waals surface area contributed by atoms with Crippen LogP contribution in [0.5, 0.6) is 11.5 Å². The van der Waals surface area contributed by atoms with Gasteiger partial charge in [0.2, 0.25) is 0 Å². The topological polar surface area (TPSA) is 72.5 Å². The molecule has 1 amide bonds. The summed E-state index contributed by atoms with van der Waals surface area (Å²) in [7, 11) is 0. The Morgan fingerprint density at radius 2 is 1.92 bits per heavy atom. The number of carbonyl (C=O) groups is 1. The Hall–Kier alpha value is -2.12. The van der Waals surface area contributed by atoms with Crippen molar-refractivity contribution in [1.29, 1.82) is 0 Å². The third-order valence-corrected chi connectivity index (χ3v) is 6.23. The molecule has 5 rings (SSSR count). The fraction of sp³-hybridized carbons (Fsp3) is 0.474. The second-order valence-corrected chi connectivity index (χ2v) is 8.03. The summed E-state index contributed by atoms with van der Waals surface area (Å²) < 4.78 is 11.2. The Balaban J connectivity index is 1.29. The highest BCUT2D eigenvalue weighted by atomic mass is 32.1. The third kappa shape index (κ3) is 3.05. The number of benzene rings is 1. The lowest BCUT2D eigenvalue weighted by molar-refractivity contribution is 0.0919. The number of carbonyl (C=O) groups excluding carboxylic acids is 1. The van der Waals surface area contributed by atoms with E-state index < -0.39 is 0 Å². The van der Waals surface area contributed by atoms with E-state index in [1.807, 2.05) is 23.6 Å². The van der Waals surface area contributed by atoms with Crippen molar-refractivity contribution in [2.24, 2.45) is 0 Å². The molecule has 1 aromatic carbocycles. The van der Waals surface area contributed by atoms with Gasteiger partial charge in [0.05, 0.1) is 0 Å². The summed E-state index contributed by atoms with van der Waals surface area (Å²) in [5.41, 5.74) is 1.43. The van der Waals surface area contributed by atoms with E-state index in [0.29, 0.717) is 31.0 Å². The normalized spacial score (nSPS) is 26.5. The molecule has 2 atom stereocenters. The van der Waals surface area contributed by atoms with Gasteiger partial charge in [-0.05, 0) is 43.9 Å². The zero-order chi connectivity index (χ0) is 17.5. The molecule has 0 radical (unpaired) electrons. The monoisotopic (exact) mass is 371 g/mol. The summed E-state index contributed by atoms with van der Waals surface area (Å²) in [5, 5.41) is 9.42. The van der Waals surface area contributed by atoms with Crippen molar-refractivity contribution in [3.05, 3.63) is 29.3 Å². The lowest BCUT2D eigenvalue weighted by Gasteiger charge is -2.29. The molecule has 2 N–H and O–H groups in total. The predicted molar refractivity (Wildman–Crippen MR) is 99.0 cm³/mol. The second-order valence-electron chi connectivity index (χ2n) is 7.18. The van der Waals surface area contributed by atoms with E-state index in [1.54, 1.807) is 0 Å². The molecule has 2 aromatic rings. The van der Waals surface area contributed by atoms with Gasteiger partial charge in [-0.25, -0.2) is 4.98 Å². The van der Waals surface area contributed by atoms with Crippen LogP contribution in [0.2, 0.25) is 0 Å². The molecule has 1 aromatic heterocycles. The van der Waals surface area contributed by atoms with E-state index in [2.05, 4.69) is 15.6 Å². The van der Waals surface area contributed by atoms with Crippen LogP contribution in [0.4, 0.5) is 0 Å². The lowest BCUT2D eigenvalue weighted by atomic mass is 10.00. The third-order valence-electron chi connectivity index (χ3n) is 5.33. The molecule has 2 fully saturated rings. The first-order chi connectivity index (χ1) is 12.7. The number of ether oxygens (including phenoxy) is 2. The summed E-state index contributed by atoms with van der Waals surface area (Å²) in [4.78, 5) is 17.1. The van der Waals surface area contributed by atoms with Crippen molar-refractivity contribution < 1.29 is 14.3 Å². The molecule has 0 aliphatic carbocycles. The van der Waals surface area contributed by atoms with Crippen molar-refractivity contribution in [2.75, 3.05) is 13.2 Å². The Bertz CT molecular complexity index is 825. The zero-order valence-corrected chi connectivity index (χ0v) is 15.2. The van der Waals surface area contributed by atoms with Crippen LogP contribution in [0.25, 0.3) is 10.6 Å². The Labute approximate surface area is 155 Å². The quantitative estimate of drug-likeness (QED) is 0.868. The summed E-state index contributed by atoms with van der Waals surface area (Å²) in [6.45, 7) is 1.13. The van der Waals surface area contributed by atoms with Crippen LogP contribution >= 0.6 is 11.3 Å². The lowest BCUT2D eigenvalue weighted by Crippen LogP contribution is -2.48. The highest BCUT2D eigenvalue weighted by Gasteiger charge is 2.34. The molecule has 0 saturated carbocycles. The Morgan fingerprint density at radius 3 is 2.73 bits per heavy atom. The molecule has 2 saturated heterocycles. The van der Waals surface area contributed by atoms with Crippen LogP contribution in [0.1, 0.15) is 36.2 Å². The van der Waals surface area contributed by atoms with Gasteiger partial charge in [-0.15, -0.1) is 11.3 Å². The van der Waals surface area contributed by atoms with Crippen LogP contribution in [0.15, 0.2) is 23.6 Å². The highest BCUT2D eigenvalue weighted by molar-refractivity contribution is 7.13. The molecule has 2 unspecified atom stereocenters. The number of amides is 1. The van der Waals surface area contributed by atoms with Crippen molar-refractivity contribution in [1.82, 2.24) is 15.6 Å². The highest BCUT2D eigenvalue weighted by Crippen LogP contribution is 2.35. The summed E-state index contributed by atoms with van der Waals surface area (Å²) >= 11 is 1.48.